The number of benzene rings is 1. The lowest BCUT2D eigenvalue weighted by atomic mass is 9.93. The number of carbonyl (C=O) groups is 1. The average molecular weight is 392 g/mol. The van der Waals surface area contributed by atoms with Gasteiger partial charge < -0.3 is 4.90 Å². The molecule has 1 saturated heterocycles. The van der Waals surface area contributed by atoms with Crippen LogP contribution in [0, 0.1) is 0 Å². The van der Waals surface area contributed by atoms with Gasteiger partial charge in [0.05, 0.1) is 0 Å². The molecule has 0 N–H and O–H groups in total. The molecule has 1 atom stereocenters. The monoisotopic (exact) mass is 391 g/mol. The minimum absolute atomic E-state index is 0.00229. The molecule has 1 fully saturated rings. The van der Waals surface area contributed by atoms with Crippen LogP contribution in [0.2, 0.25) is 5.02 Å². The smallest absolute Gasteiger partial charge is 0.272 e. The number of hydrogen-bond donors (Lipinski definition) is 0. The van der Waals surface area contributed by atoms with Gasteiger partial charge >= 0.3 is 0 Å². The summed E-state index contributed by atoms with van der Waals surface area (Å²) in [5.41, 5.74) is 3.62. The zero-order chi connectivity index (χ0) is 19.3. The van der Waals surface area contributed by atoms with Gasteiger partial charge in [-0.1, -0.05) is 41.9 Å². The minimum Gasteiger partial charge on any atom is -0.337 e. The van der Waals surface area contributed by atoms with Gasteiger partial charge in [0.1, 0.15) is 5.69 Å². The van der Waals surface area contributed by atoms with E-state index >= 15 is 0 Å². The number of halogens is 1. The fourth-order valence-electron chi connectivity index (χ4n) is 3.72. The third-order valence-electron chi connectivity index (χ3n) is 5.17. The topological polar surface area (TPSA) is 46.1 Å². The summed E-state index contributed by atoms with van der Waals surface area (Å²) in [5, 5.41) is 0.763. The second-order valence-corrected chi connectivity index (χ2v) is 7.53. The lowest BCUT2D eigenvalue weighted by Crippen LogP contribution is -2.39. The summed E-state index contributed by atoms with van der Waals surface area (Å²) in [6.07, 6.45) is 4.37. The van der Waals surface area contributed by atoms with Gasteiger partial charge in [-0.05, 0) is 48.7 Å². The minimum atomic E-state index is -0.00229. The number of piperidine rings is 1. The number of rotatable bonds is 4. The van der Waals surface area contributed by atoms with E-state index < -0.39 is 0 Å². The highest BCUT2D eigenvalue weighted by atomic mass is 35.5. The average Bonchev–Trinajstić information content (AvgIpc) is 2.76. The molecule has 2 aromatic heterocycles. The zero-order valence-electron chi connectivity index (χ0n) is 15.6. The summed E-state index contributed by atoms with van der Waals surface area (Å²) in [6.45, 7) is 1.45. The summed E-state index contributed by atoms with van der Waals surface area (Å²) in [4.78, 5) is 23.7. The number of amides is 1. The zero-order valence-corrected chi connectivity index (χ0v) is 16.3. The van der Waals surface area contributed by atoms with Gasteiger partial charge in [-0.2, -0.15) is 0 Å². The highest BCUT2D eigenvalue weighted by molar-refractivity contribution is 6.31. The number of hydrogen-bond acceptors (Lipinski definition) is 3. The number of pyridine rings is 2. The largest absolute Gasteiger partial charge is 0.337 e. The standard InChI is InChI=1S/C23H22ClN3O/c24-20-10-2-1-7-17(20)15-19-9-5-12-21(26-19)18-8-6-14-27(16-18)23(28)22-11-3-4-13-25-22/h1-5,7,9-13,18H,6,8,14-16H2/t18-/m1/s1. The van der Waals surface area contributed by atoms with Crippen LogP contribution in [-0.4, -0.2) is 33.9 Å². The third kappa shape index (κ3) is 4.23. The lowest BCUT2D eigenvalue weighted by Gasteiger charge is -2.32. The Bertz CT molecular complexity index is 961. The molecule has 28 heavy (non-hydrogen) atoms. The molecule has 3 aromatic rings. The highest BCUT2D eigenvalue weighted by Crippen LogP contribution is 2.27. The van der Waals surface area contributed by atoms with Crippen molar-refractivity contribution in [1.29, 1.82) is 0 Å². The van der Waals surface area contributed by atoms with Crippen LogP contribution in [0.15, 0.2) is 66.9 Å². The molecule has 1 aromatic carbocycles. The molecule has 0 unspecified atom stereocenters. The van der Waals surface area contributed by atoms with E-state index in [9.17, 15) is 4.79 Å². The van der Waals surface area contributed by atoms with Crippen molar-refractivity contribution in [3.8, 4) is 0 Å². The van der Waals surface area contributed by atoms with Crippen LogP contribution < -0.4 is 0 Å². The van der Waals surface area contributed by atoms with Crippen LogP contribution in [0.3, 0.4) is 0 Å². The van der Waals surface area contributed by atoms with E-state index in [2.05, 4.69) is 11.1 Å². The van der Waals surface area contributed by atoms with Gasteiger partial charge in [-0.3, -0.25) is 14.8 Å². The first-order valence-corrected chi connectivity index (χ1v) is 9.98. The maximum absolute atomic E-state index is 12.8. The summed E-state index contributed by atoms with van der Waals surface area (Å²) in [6, 6.07) is 19.5. The van der Waals surface area contributed by atoms with Crippen molar-refractivity contribution in [2.45, 2.75) is 25.2 Å². The quantitative estimate of drug-likeness (QED) is 0.645. The van der Waals surface area contributed by atoms with Gasteiger partial charge in [-0.15, -0.1) is 0 Å². The fraction of sp³-hybridized carbons (Fsp3) is 0.261. The highest BCUT2D eigenvalue weighted by Gasteiger charge is 2.26. The molecule has 1 aliphatic heterocycles. The summed E-state index contributed by atoms with van der Waals surface area (Å²) in [7, 11) is 0. The van der Waals surface area contributed by atoms with E-state index in [1.165, 1.54) is 0 Å². The Labute approximate surface area is 170 Å². The van der Waals surface area contributed by atoms with Crippen molar-refractivity contribution >= 4 is 17.5 Å². The van der Waals surface area contributed by atoms with Crippen molar-refractivity contribution in [3.05, 3.63) is 94.5 Å². The first-order chi connectivity index (χ1) is 13.7. The van der Waals surface area contributed by atoms with Crippen LogP contribution in [0.25, 0.3) is 0 Å². The number of aromatic nitrogens is 2. The Morgan fingerprint density at radius 3 is 2.75 bits per heavy atom. The summed E-state index contributed by atoms with van der Waals surface area (Å²) >= 11 is 6.30. The molecule has 142 valence electrons. The Morgan fingerprint density at radius 1 is 1.07 bits per heavy atom. The van der Waals surface area contributed by atoms with E-state index in [0.29, 0.717) is 18.7 Å². The van der Waals surface area contributed by atoms with E-state index in [1.807, 2.05) is 53.4 Å². The Hall–Kier alpha value is -2.72. The summed E-state index contributed by atoms with van der Waals surface area (Å²) < 4.78 is 0. The van der Waals surface area contributed by atoms with E-state index in [-0.39, 0.29) is 11.8 Å². The molecule has 1 amide bonds. The van der Waals surface area contributed by atoms with Gasteiger partial charge in [-0.25, -0.2) is 0 Å². The SMILES string of the molecule is O=C(c1ccccn1)N1CCC[C@@H](c2cccc(Cc3ccccc3Cl)n2)C1. The maximum atomic E-state index is 12.8. The molecule has 0 bridgehead atoms. The van der Waals surface area contributed by atoms with Crippen molar-refractivity contribution < 1.29 is 4.79 Å². The van der Waals surface area contributed by atoms with Crippen LogP contribution in [-0.2, 0) is 6.42 Å². The first kappa shape index (κ1) is 18.6. The molecule has 5 heteroatoms. The number of likely N-dealkylation sites (tertiary alicyclic amines) is 1. The van der Waals surface area contributed by atoms with Crippen molar-refractivity contribution in [3.63, 3.8) is 0 Å². The van der Waals surface area contributed by atoms with Gasteiger partial charge in [0.2, 0.25) is 0 Å². The lowest BCUT2D eigenvalue weighted by molar-refractivity contribution is 0.0700. The normalized spacial score (nSPS) is 16.8. The second-order valence-electron chi connectivity index (χ2n) is 7.13. The maximum Gasteiger partial charge on any atom is 0.272 e. The molecule has 0 spiro atoms. The van der Waals surface area contributed by atoms with Gasteiger partial charge in [0.25, 0.3) is 5.91 Å². The molecule has 4 nitrogen and oxygen atoms in total. The molecular weight excluding hydrogens is 370 g/mol. The van der Waals surface area contributed by atoms with Crippen molar-refractivity contribution in [2.75, 3.05) is 13.1 Å². The predicted molar refractivity (Wildman–Crippen MR) is 111 cm³/mol. The van der Waals surface area contributed by atoms with E-state index in [1.54, 1.807) is 12.3 Å². The van der Waals surface area contributed by atoms with E-state index in [0.717, 1.165) is 41.4 Å². The predicted octanol–water partition coefficient (Wildman–Crippen LogP) is 4.74. The second kappa shape index (κ2) is 8.53. The van der Waals surface area contributed by atoms with Gasteiger partial charge in [0.15, 0.2) is 0 Å². The molecule has 1 aliphatic rings. The fourth-order valence-corrected chi connectivity index (χ4v) is 3.92. The van der Waals surface area contributed by atoms with Crippen LogP contribution in [0.1, 0.15) is 46.2 Å². The molecule has 0 radical (unpaired) electrons. The van der Waals surface area contributed by atoms with Gasteiger partial charge in [0, 0.05) is 48.0 Å². The Balaban J connectivity index is 1.49. The number of nitrogens with zero attached hydrogens (tertiary/aromatic N) is 3. The van der Waals surface area contributed by atoms with Crippen molar-refractivity contribution in [2.24, 2.45) is 0 Å². The molecule has 3 heterocycles. The first-order valence-electron chi connectivity index (χ1n) is 9.60. The van der Waals surface area contributed by atoms with E-state index in [4.69, 9.17) is 16.6 Å². The molecule has 4 rings (SSSR count). The van der Waals surface area contributed by atoms with Crippen molar-refractivity contribution in [1.82, 2.24) is 14.9 Å². The Morgan fingerprint density at radius 2 is 1.93 bits per heavy atom. The Kier molecular flexibility index (Phi) is 5.68. The molecular formula is C23H22ClN3O. The van der Waals surface area contributed by atoms with Crippen LogP contribution in [0.5, 0.6) is 0 Å². The summed E-state index contributed by atoms with van der Waals surface area (Å²) in [5.74, 6) is 0.241. The number of carbonyl (C=O) groups excluding carboxylic acids is 1. The van der Waals surface area contributed by atoms with Crippen LogP contribution >= 0.6 is 11.6 Å². The molecule has 0 saturated carbocycles. The molecule has 0 aliphatic carbocycles. The third-order valence-corrected chi connectivity index (χ3v) is 5.54. The van der Waals surface area contributed by atoms with Crippen LogP contribution in [0.4, 0.5) is 0 Å².